The van der Waals surface area contributed by atoms with Gasteiger partial charge in [-0.15, -0.1) is 0 Å². The van der Waals surface area contributed by atoms with Gasteiger partial charge in [0.15, 0.2) is 0 Å². The van der Waals surface area contributed by atoms with Crippen LogP contribution >= 0.6 is 11.6 Å². The zero-order valence-electron chi connectivity index (χ0n) is 22.3. The van der Waals surface area contributed by atoms with E-state index >= 15 is 0 Å². The Morgan fingerprint density at radius 3 is 2.37 bits per heavy atom. The quantitative estimate of drug-likeness (QED) is 0.531. The van der Waals surface area contributed by atoms with E-state index in [4.69, 9.17) is 16.3 Å². The Balaban J connectivity index is 1.21. The Morgan fingerprint density at radius 1 is 1.08 bits per heavy atom. The van der Waals surface area contributed by atoms with Gasteiger partial charge in [0, 0.05) is 68.2 Å². The first-order valence-electron chi connectivity index (χ1n) is 13.1. The van der Waals surface area contributed by atoms with Crippen LogP contribution in [0.3, 0.4) is 0 Å². The predicted octanol–water partition coefficient (Wildman–Crippen LogP) is 1.67. The molecule has 0 aliphatic carbocycles. The summed E-state index contributed by atoms with van der Waals surface area (Å²) in [5, 5.41) is 23.3. The largest absolute Gasteiger partial charge is 0.488 e. The van der Waals surface area contributed by atoms with Crippen LogP contribution in [-0.4, -0.2) is 105 Å². The fourth-order valence-corrected chi connectivity index (χ4v) is 5.22. The Hall–Kier alpha value is -2.60. The van der Waals surface area contributed by atoms with Crippen molar-refractivity contribution >= 4 is 36.2 Å². The summed E-state index contributed by atoms with van der Waals surface area (Å²) in [6.07, 6.45) is 5.11. The molecule has 1 aromatic heterocycles. The van der Waals surface area contributed by atoms with Gasteiger partial charge in [-0.1, -0.05) is 23.7 Å². The van der Waals surface area contributed by atoms with Crippen molar-refractivity contribution in [2.75, 3.05) is 45.8 Å². The molecule has 2 saturated heterocycles. The molecular weight excluding hydrogens is 509 g/mol. The lowest BCUT2D eigenvalue weighted by Gasteiger charge is -2.39. The lowest BCUT2D eigenvalue weighted by atomic mass is 9.80. The number of carbonyl (C=O) groups excluding carboxylic acids is 2. The summed E-state index contributed by atoms with van der Waals surface area (Å²) in [5.74, 6) is 0.569. The summed E-state index contributed by atoms with van der Waals surface area (Å²) in [5.41, 5.74) is 1.30. The number of ether oxygens (including phenoxy) is 1. The predicted molar refractivity (Wildman–Crippen MR) is 146 cm³/mol. The molecule has 1 aromatic carbocycles. The molecule has 2 aliphatic heterocycles. The molecule has 0 unspecified atom stereocenters. The maximum absolute atomic E-state index is 12.9. The first kappa shape index (κ1) is 28.4. The van der Waals surface area contributed by atoms with E-state index in [1.54, 1.807) is 34.1 Å². The molecule has 0 atom stereocenters. The minimum Gasteiger partial charge on any atom is -0.444 e. The van der Waals surface area contributed by atoms with Gasteiger partial charge < -0.3 is 24.6 Å². The molecule has 0 radical (unpaired) electrons. The molecule has 0 bridgehead atoms. The maximum atomic E-state index is 12.9. The SMILES string of the molecule is CC(C)(C)OC(=O)N1CCN(CC2CCN(C(=O)Cn3cc(-c4ccc(B(O)O)cc4Cl)cn3)CC2)CC1. The molecule has 2 N–H and O–H groups in total. The van der Waals surface area contributed by atoms with Crippen LogP contribution < -0.4 is 5.46 Å². The molecule has 0 spiro atoms. The number of aromatic nitrogens is 2. The summed E-state index contributed by atoms with van der Waals surface area (Å²) in [6.45, 7) is 11.3. The van der Waals surface area contributed by atoms with Crippen LogP contribution in [-0.2, 0) is 16.1 Å². The standard InChI is InChI=1S/C26H37BClN5O5/c1-26(2,3)38-25(35)32-12-10-30(11-13-32)16-19-6-8-31(9-7-19)24(34)18-33-17-20(15-29-33)22-5-4-21(27(36)37)14-23(22)28/h4-5,14-15,17,19,36-37H,6-13,16,18H2,1-3H3. The number of amides is 2. The summed E-state index contributed by atoms with van der Waals surface area (Å²) in [6, 6.07) is 4.82. The zero-order chi connectivity index (χ0) is 27.4. The van der Waals surface area contributed by atoms with E-state index in [0.29, 0.717) is 35.1 Å². The number of hydrogen-bond donors (Lipinski definition) is 2. The topological polar surface area (TPSA) is 111 Å². The highest BCUT2D eigenvalue weighted by molar-refractivity contribution is 6.59. The highest BCUT2D eigenvalue weighted by Gasteiger charge is 2.29. The van der Waals surface area contributed by atoms with E-state index in [2.05, 4.69) is 10.00 Å². The summed E-state index contributed by atoms with van der Waals surface area (Å²) < 4.78 is 7.09. The molecule has 2 fully saturated rings. The average molecular weight is 546 g/mol. The van der Waals surface area contributed by atoms with Gasteiger partial charge >= 0.3 is 13.2 Å². The van der Waals surface area contributed by atoms with Crippen LogP contribution in [0.1, 0.15) is 33.6 Å². The summed E-state index contributed by atoms with van der Waals surface area (Å²) >= 11 is 6.31. The van der Waals surface area contributed by atoms with E-state index in [0.717, 1.165) is 51.1 Å². The van der Waals surface area contributed by atoms with E-state index < -0.39 is 12.7 Å². The highest BCUT2D eigenvalue weighted by Crippen LogP contribution is 2.27. The van der Waals surface area contributed by atoms with Gasteiger partial charge in [0.1, 0.15) is 12.1 Å². The van der Waals surface area contributed by atoms with Crippen molar-refractivity contribution in [3.05, 3.63) is 35.6 Å². The fourth-order valence-electron chi connectivity index (χ4n) is 4.92. The number of nitrogens with zero attached hydrogens (tertiary/aromatic N) is 5. The Kier molecular flexibility index (Phi) is 9.02. The van der Waals surface area contributed by atoms with E-state index in [1.807, 2.05) is 25.7 Å². The van der Waals surface area contributed by atoms with Crippen molar-refractivity contribution in [3.8, 4) is 11.1 Å². The molecule has 3 heterocycles. The van der Waals surface area contributed by atoms with E-state index in [9.17, 15) is 19.6 Å². The second-order valence-electron chi connectivity index (χ2n) is 11.1. The van der Waals surface area contributed by atoms with Crippen molar-refractivity contribution in [2.24, 2.45) is 5.92 Å². The molecular formula is C26H37BClN5O5. The molecule has 2 amide bonds. The van der Waals surface area contributed by atoms with Crippen LogP contribution in [0.15, 0.2) is 30.6 Å². The third-order valence-corrected chi connectivity index (χ3v) is 7.35. The normalized spacial score (nSPS) is 17.5. The van der Waals surface area contributed by atoms with E-state index in [-0.39, 0.29) is 18.5 Å². The van der Waals surface area contributed by atoms with Crippen LogP contribution in [0.25, 0.3) is 11.1 Å². The fraction of sp³-hybridized carbons (Fsp3) is 0.577. The van der Waals surface area contributed by atoms with Crippen molar-refractivity contribution < 1.29 is 24.4 Å². The number of hydrogen-bond acceptors (Lipinski definition) is 7. The van der Waals surface area contributed by atoms with Crippen molar-refractivity contribution in [3.63, 3.8) is 0 Å². The Bertz CT molecular complexity index is 1120. The van der Waals surface area contributed by atoms with Gasteiger partial charge in [-0.05, 0) is 51.1 Å². The van der Waals surface area contributed by atoms with Crippen molar-refractivity contribution in [1.82, 2.24) is 24.5 Å². The number of carbonyl (C=O) groups is 2. The molecule has 38 heavy (non-hydrogen) atoms. The first-order valence-corrected chi connectivity index (χ1v) is 13.5. The second kappa shape index (κ2) is 12.1. The monoisotopic (exact) mass is 545 g/mol. The number of halogens is 1. The third-order valence-electron chi connectivity index (χ3n) is 7.04. The number of benzene rings is 1. The number of piperidine rings is 1. The highest BCUT2D eigenvalue weighted by atomic mass is 35.5. The van der Waals surface area contributed by atoms with Gasteiger partial charge in [-0.25, -0.2) is 4.79 Å². The third kappa shape index (κ3) is 7.50. The Labute approximate surface area is 229 Å². The summed E-state index contributed by atoms with van der Waals surface area (Å²) in [4.78, 5) is 31.3. The molecule has 2 aromatic rings. The van der Waals surface area contributed by atoms with Gasteiger partial charge in [-0.2, -0.15) is 5.10 Å². The first-order chi connectivity index (χ1) is 18.0. The van der Waals surface area contributed by atoms with Crippen molar-refractivity contribution in [2.45, 2.75) is 45.8 Å². The minimum atomic E-state index is -1.58. The smallest absolute Gasteiger partial charge is 0.444 e. The number of rotatable bonds is 6. The molecule has 2 aliphatic rings. The van der Waals surface area contributed by atoms with Crippen molar-refractivity contribution in [1.29, 1.82) is 0 Å². The van der Waals surface area contributed by atoms with Crippen LogP contribution in [0, 0.1) is 5.92 Å². The number of piperazine rings is 1. The molecule has 206 valence electrons. The van der Waals surface area contributed by atoms with Gasteiger partial charge in [0.2, 0.25) is 5.91 Å². The zero-order valence-corrected chi connectivity index (χ0v) is 23.1. The lowest BCUT2D eigenvalue weighted by Crippen LogP contribution is -2.51. The minimum absolute atomic E-state index is 0.0360. The Morgan fingerprint density at radius 2 is 1.76 bits per heavy atom. The van der Waals surface area contributed by atoms with Crippen LogP contribution in [0.5, 0.6) is 0 Å². The van der Waals surface area contributed by atoms with Gasteiger partial charge in [-0.3, -0.25) is 14.4 Å². The van der Waals surface area contributed by atoms with Gasteiger partial charge in [0.05, 0.1) is 6.20 Å². The lowest BCUT2D eigenvalue weighted by molar-refractivity contribution is -0.133. The molecule has 4 rings (SSSR count). The second-order valence-corrected chi connectivity index (χ2v) is 11.5. The molecule has 12 heteroatoms. The van der Waals surface area contributed by atoms with Crippen LogP contribution in [0.4, 0.5) is 4.79 Å². The molecule has 10 nitrogen and oxygen atoms in total. The maximum Gasteiger partial charge on any atom is 0.488 e. The summed E-state index contributed by atoms with van der Waals surface area (Å²) in [7, 11) is -1.58. The van der Waals surface area contributed by atoms with Crippen LogP contribution in [0.2, 0.25) is 5.02 Å². The molecule has 0 saturated carbocycles. The van der Waals surface area contributed by atoms with E-state index in [1.165, 1.54) is 6.07 Å². The van der Waals surface area contributed by atoms with Gasteiger partial charge in [0.25, 0.3) is 0 Å². The average Bonchev–Trinajstić information content (AvgIpc) is 3.31. The number of likely N-dealkylation sites (tertiary alicyclic amines) is 1.